The summed E-state index contributed by atoms with van der Waals surface area (Å²) >= 11 is 1.85. The molecular weight excluding hydrogens is 597 g/mol. The summed E-state index contributed by atoms with van der Waals surface area (Å²) < 4.78 is 16.8. The molecule has 4 rings (SSSR count). The molecule has 0 amide bonds. The van der Waals surface area contributed by atoms with Crippen LogP contribution in [0.1, 0.15) is 53.5 Å². The van der Waals surface area contributed by atoms with Crippen molar-refractivity contribution in [3.8, 4) is 0 Å². The Labute approximate surface area is 233 Å². The number of esters is 3. The molecule has 8 heteroatoms. The molecule has 1 heterocycles. The zero-order valence-electron chi connectivity index (χ0n) is 20.6. The fraction of sp³-hybridized carbons (Fsp3) is 0.133. The van der Waals surface area contributed by atoms with Gasteiger partial charge in [-0.05, 0) is 46.2 Å². The van der Waals surface area contributed by atoms with Gasteiger partial charge >= 0.3 is 17.9 Å². The number of hydrogen-bond acceptors (Lipinski definition) is 7. The van der Waals surface area contributed by atoms with Gasteiger partial charge in [0.2, 0.25) is 0 Å². The summed E-state index contributed by atoms with van der Waals surface area (Å²) in [6.07, 6.45) is 0. The van der Waals surface area contributed by atoms with E-state index < -0.39 is 17.9 Å². The molecule has 0 fully saturated rings. The largest absolute Gasteiger partial charge is 0.457 e. The van der Waals surface area contributed by atoms with Crippen molar-refractivity contribution < 1.29 is 28.6 Å². The third kappa shape index (κ3) is 6.83. The molecule has 38 heavy (non-hydrogen) atoms. The van der Waals surface area contributed by atoms with Crippen LogP contribution in [0.2, 0.25) is 0 Å². The Kier molecular flexibility index (Phi) is 9.21. The Morgan fingerprint density at radius 2 is 0.921 bits per heavy atom. The molecule has 0 spiro atoms. The highest BCUT2D eigenvalue weighted by atomic mass is 127. The fourth-order valence-corrected chi connectivity index (χ4v) is 4.55. The van der Waals surface area contributed by atoms with E-state index in [9.17, 15) is 14.4 Å². The quantitative estimate of drug-likeness (QED) is 0.0971. The van der Waals surface area contributed by atoms with Crippen LogP contribution in [0.25, 0.3) is 0 Å². The average molecular weight is 621 g/mol. The molecule has 7 nitrogen and oxygen atoms in total. The summed E-state index contributed by atoms with van der Waals surface area (Å²) in [7, 11) is 0. The first kappa shape index (κ1) is 27.0. The van der Waals surface area contributed by atoms with Crippen LogP contribution in [0.5, 0.6) is 0 Å². The second-order valence-corrected chi connectivity index (χ2v) is 9.32. The number of benzene rings is 3. The lowest BCUT2D eigenvalue weighted by Gasteiger charge is -2.17. The monoisotopic (exact) mass is 621 g/mol. The topological polar surface area (TPSA) is 91.8 Å². The number of rotatable bonds is 9. The summed E-state index contributed by atoms with van der Waals surface area (Å²) in [6, 6.07) is 27.4. The van der Waals surface area contributed by atoms with Crippen LogP contribution in [0.15, 0.2) is 91.0 Å². The van der Waals surface area contributed by atoms with Gasteiger partial charge in [-0.15, -0.1) is 0 Å². The molecule has 0 unspecified atom stereocenters. The number of pyridine rings is 1. The summed E-state index contributed by atoms with van der Waals surface area (Å²) in [5.41, 5.74) is 2.03. The molecule has 0 aliphatic rings. The number of aryl methyl sites for hydroxylation is 1. The molecule has 0 radical (unpaired) electrons. The molecular formula is C30H24INO6. The van der Waals surface area contributed by atoms with Crippen LogP contribution >= 0.6 is 22.6 Å². The van der Waals surface area contributed by atoms with Crippen LogP contribution in [-0.2, 0) is 34.0 Å². The molecule has 4 aromatic rings. The minimum absolute atomic E-state index is 0.0165. The molecule has 0 bridgehead atoms. The van der Waals surface area contributed by atoms with Crippen LogP contribution in [0.3, 0.4) is 0 Å². The van der Waals surface area contributed by atoms with Crippen molar-refractivity contribution in [3.63, 3.8) is 0 Å². The van der Waals surface area contributed by atoms with Crippen LogP contribution in [-0.4, -0.2) is 22.9 Å². The Bertz CT molecular complexity index is 1350. The van der Waals surface area contributed by atoms with Crippen LogP contribution in [0.4, 0.5) is 0 Å². The zero-order valence-corrected chi connectivity index (χ0v) is 22.7. The first-order valence-corrected chi connectivity index (χ1v) is 12.8. The van der Waals surface area contributed by atoms with E-state index in [0.717, 1.165) is 16.7 Å². The van der Waals surface area contributed by atoms with Crippen molar-refractivity contribution in [2.45, 2.75) is 26.7 Å². The standard InChI is InChI=1S/C30H24INO6/c1-20-24(28(33)36-17-21-11-5-2-6-12-21)25(29(34)37-18-22-13-7-3-8-14-22)26(27(31)32-20)30(35)38-19-23-15-9-4-10-16-23/h2-16H,17-19H2,1H3. The van der Waals surface area contributed by atoms with Crippen molar-refractivity contribution in [1.82, 2.24) is 4.98 Å². The van der Waals surface area contributed by atoms with Gasteiger partial charge in [-0.2, -0.15) is 0 Å². The van der Waals surface area contributed by atoms with Gasteiger partial charge in [0.05, 0.1) is 16.8 Å². The number of halogens is 1. The van der Waals surface area contributed by atoms with Crippen LogP contribution in [0, 0.1) is 10.6 Å². The molecule has 0 aliphatic carbocycles. The number of ether oxygens (including phenoxy) is 3. The molecule has 192 valence electrons. The summed E-state index contributed by atoms with van der Waals surface area (Å²) in [5, 5.41) is 0. The highest BCUT2D eigenvalue weighted by Crippen LogP contribution is 2.26. The maximum atomic E-state index is 13.5. The van der Waals surface area contributed by atoms with E-state index in [2.05, 4.69) is 4.98 Å². The summed E-state index contributed by atoms with van der Waals surface area (Å²) in [5.74, 6) is -2.44. The molecule has 0 aliphatic heterocycles. The number of carbonyl (C=O) groups excluding carboxylic acids is 3. The predicted molar refractivity (Wildman–Crippen MR) is 148 cm³/mol. The van der Waals surface area contributed by atoms with Gasteiger partial charge in [-0.25, -0.2) is 19.4 Å². The summed E-state index contributed by atoms with van der Waals surface area (Å²) in [6.45, 7) is 1.50. The lowest BCUT2D eigenvalue weighted by atomic mass is 10.0. The van der Waals surface area contributed by atoms with Gasteiger partial charge < -0.3 is 14.2 Å². The van der Waals surface area contributed by atoms with E-state index >= 15 is 0 Å². The third-order valence-electron chi connectivity index (χ3n) is 5.58. The first-order chi connectivity index (χ1) is 18.4. The normalized spacial score (nSPS) is 10.5. The van der Waals surface area contributed by atoms with E-state index in [-0.39, 0.29) is 45.9 Å². The minimum Gasteiger partial charge on any atom is -0.457 e. The average Bonchev–Trinajstić information content (AvgIpc) is 2.94. The van der Waals surface area contributed by atoms with Crippen molar-refractivity contribution in [3.05, 3.63) is 134 Å². The van der Waals surface area contributed by atoms with E-state index in [1.807, 2.05) is 101 Å². The fourth-order valence-electron chi connectivity index (χ4n) is 3.69. The molecule has 0 saturated carbocycles. The molecule has 3 aromatic carbocycles. The maximum Gasteiger partial charge on any atom is 0.342 e. The SMILES string of the molecule is Cc1nc(I)c(C(=O)OCc2ccccc2)c(C(=O)OCc2ccccc2)c1C(=O)OCc1ccccc1. The lowest BCUT2D eigenvalue weighted by Crippen LogP contribution is -2.23. The number of carbonyl (C=O) groups is 3. The van der Waals surface area contributed by atoms with Gasteiger partial charge in [0.1, 0.15) is 29.1 Å². The molecule has 0 N–H and O–H groups in total. The maximum absolute atomic E-state index is 13.5. The predicted octanol–water partition coefficient (Wildman–Crippen LogP) is 6.07. The Hall–Kier alpha value is -4.05. The zero-order chi connectivity index (χ0) is 26.9. The van der Waals surface area contributed by atoms with Crippen molar-refractivity contribution in [1.29, 1.82) is 0 Å². The van der Waals surface area contributed by atoms with Gasteiger partial charge in [0.25, 0.3) is 0 Å². The van der Waals surface area contributed by atoms with Gasteiger partial charge in [-0.3, -0.25) is 0 Å². The summed E-state index contributed by atoms with van der Waals surface area (Å²) in [4.78, 5) is 44.4. The Morgan fingerprint density at radius 1 is 0.579 bits per heavy atom. The van der Waals surface area contributed by atoms with Crippen molar-refractivity contribution >= 4 is 40.5 Å². The Balaban J connectivity index is 1.68. The van der Waals surface area contributed by atoms with E-state index in [1.165, 1.54) is 0 Å². The Morgan fingerprint density at radius 3 is 1.32 bits per heavy atom. The van der Waals surface area contributed by atoms with Gasteiger partial charge in [-0.1, -0.05) is 91.0 Å². The van der Waals surface area contributed by atoms with Gasteiger partial charge in [0, 0.05) is 0 Å². The molecule has 0 saturated heterocycles. The van der Waals surface area contributed by atoms with Gasteiger partial charge in [0.15, 0.2) is 0 Å². The van der Waals surface area contributed by atoms with Crippen molar-refractivity contribution in [2.24, 2.45) is 0 Å². The second kappa shape index (κ2) is 13.0. The molecule has 0 atom stereocenters. The number of nitrogens with zero attached hydrogens (tertiary/aromatic N) is 1. The van der Waals surface area contributed by atoms with E-state index in [1.54, 1.807) is 19.1 Å². The highest BCUT2D eigenvalue weighted by molar-refractivity contribution is 14.1. The van der Waals surface area contributed by atoms with Crippen molar-refractivity contribution in [2.75, 3.05) is 0 Å². The highest BCUT2D eigenvalue weighted by Gasteiger charge is 2.32. The van der Waals surface area contributed by atoms with E-state index in [4.69, 9.17) is 14.2 Å². The molecule has 1 aromatic heterocycles. The second-order valence-electron chi connectivity index (χ2n) is 8.30. The lowest BCUT2D eigenvalue weighted by molar-refractivity contribution is 0.0402. The van der Waals surface area contributed by atoms with Crippen LogP contribution < -0.4 is 0 Å². The third-order valence-corrected chi connectivity index (χ3v) is 6.37. The number of aromatic nitrogens is 1. The minimum atomic E-state index is -0.851. The smallest absolute Gasteiger partial charge is 0.342 e. The van der Waals surface area contributed by atoms with E-state index in [0.29, 0.717) is 0 Å². The number of hydrogen-bond donors (Lipinski definition) is 0. The first-order valence-electron chi connectivity index (χ1n) is 11.8.